The molecule has 160 valence electrons. The van der Waals surface area contributed by atoms with Gasteiger partial charge in [0.05, 0.1) is 5.56 Å². The van der Waals surface area contributed by atoms with Gasteiger partial charge in [-0.1, -0.05) is 35.4 Å². The van der Waals surface area contributed by atoms with Crippen molar-refractivity contribution in [1.82, 2.24) is 0 Å². The van der Waals surface area contributed by atoms with Gasteiger partial charge < -0.3 is 4.74 Å². The second kappa shape index (κ2) is 7.32. The summed E-state index contributed by atoms with van der Waals surface area (Å²) in [7, 11) is 0. The third kappa shape index (κ3) is 3.13. The average molecular weight is 471 g/mol. The number of fused-ring (bicyclic) bond motifs is 5. The highest BCUT2D eigenvalue weighted by molar-refractivity contribution is 9.10. The second-order valence-electron chi connectivity index (χ2n) is 10.5. The third-order valence-electron chi connectivity index (χ3n) is 9.20. The summed E-state index contributed by atoms with van der Waals surface area (Å²) in [6, 6.07) is 7.45. The monoisotopic (exact) mass is 470 g/mol. The largest absolute Gasteiger partial charge is 0.458 e. The quantitative estimate of drug-likeness (QED) is 0.462. The molecular weight excluding hydrogens is 440 g/mol. The van der Waals surface area contributed by atoms with Gasteiger partial charge in [0.2, 0.25) is 0 Å². The van der Waals surface area contributed by atoms with E-state index in [0.717, 1.165) is 36.6 Å². The van der Waals surface area contributed by atoms with Gasteiger partial charge in [-0.15, -0.1) is 0 Å². The van der Waals surface area contributed by atoms with Crippen LogP contribution in [0.5, 0.6) is 0 Å². The number of ketones is 1. The maximum Gasteiger partial charge on any atom is 0.338 e. The number of esters is 1. The molecule has 3 nitrogen and oxygen atoms in total. The molecule has 4 aliphatic rings. The van der Waals surface area contributed by atoms with Crippen LogP contribution in [0.2, 0.25) is 0 Å². The summed E-state index contributed by atoms with van der Waals surface area (Å²) in [5.41, 5.74) is 2.41. The van der Waals surface area contributed by atoms with Crippen molar-refractivity contribution in [3.8, 4) is 0 Å². The highest BCUT2D eigenvalue weighted by atomic mass is 79.9. The van der Waals surface area contributed by atoms with Crippen LogP contribution in [0.15, 0.2) is 40.4 Å². The number of carbonyl (C=O) groups is 2. The first-order valence-electron chi connectivity index (χ1n) is 11.5. The molecule has 4 aliphatic carbocycles. The zero-order valence-corrected chi connectivity index (χ0v) is 19.5. The maximum atomic E-state index is 12.8. The normalized spacial score (nSPS) is 40.1. The third-order valence-corrected chi connectivity index (χ3v) is 9.73. The van der Waals surface area contributed by atoms with E-state index in [9.17, 15) is 9.59 Å². The molecule has 4 heteroatoms. The van der Waals surface area contributed by atoms with Crippen molar-refractivity contribution in [3.63, 3.8) is 0 Å². The van der Waals surface area contributed by atoms with Crippen LogP contribution in [0, 0.1) is 28.6 Å². The molecule has 0 heterocycles. The van der Waals surface area contributed by atoms with Crippen molar-refractivity contribution in [3.05, 3.63) is 46.0 Å². The Morgan fingerprint density at radius 1 is 0.967 bits per heavy atom. The first-order chi connectivity index (χ1) is 14.3. The molecule has 0 bridgehead atoms. The highest BCUT2D eigenvalue weighted by Gasteiger charge is 2.61. The number of benzene rings is 1. The van der Waals surface area contributed by atoms with Gasteiger partial charge in [0, 0.05) is 16.3 Å². The predicted molar refractivity (Wildman–Crippen MR) is 120 cm³/mol. The number of hydrogen-bond acceptors (Lipinski definition) is 3. The number of allylic oxidation sites excluding steroid dienone is 1. The summed E-state index contributed by atoms with van der Waals surface area (Å²) >= 11 is 3.43. The standard InChI is InChI=1S/C26H31BrO3/c1-25-13-14-26(2)22(21(25)9-5-17-15-19(28)8-10-20(17)25)11-12-23(26)30-24(29)16-3-6-18(27)7-4-16/h3-4,6-7,15,20-23H,5,8-14H2,1-2H3/t20-,21+,22+,23+,25+,26+/m1/s1. The van der Waals surface area contributed by atoms with Crippen LogP contribution in [0.1, 0.15) is 75.6 Å². The van der Waals surface area contributed by atoms with Crippen LogP contribution >= 0.6 is 15.9 Å². The molecular formula is C26H31BrO3. The van der Waals surface area contributed by atoms with Crippen LogP contribution in [-0.4, -0.2) is 17.9 Å². The smallest absolute Gasteiger partial charge is 0.338 e. The molecule has 1 aromatic carbocycles. The topological polar surface area (TPSA) is 43.4 Å². The Labute approximate surface area is 187 Å². The molecule has 30 heavy (non-hydrogen) atoms. The minimum absolute atomic E-state index is 0.00747. The van der Waals surface area contributed by atoms with Gasteiger partial charge in [0.25, 0.3) is 0 Å². The van der Waals surface area contributed by atoms with E-state index in [1.807, 2.05) is 30.3 Å². The van der Waals surface area contributed by atoms with Crippen LogP contribution in [-0.2, 0) is 9.53 Å². The molecule has 0 aromatic heterocycles. The molecule has 5 rings (SSSR count). The van der Waals surface area contributed by atoms with Gasteiger partial charge in [0.15, 0.2) is 5.78 Å². The van der Waals surface area contributed by atoms with Crippen molar-refractivity contribution in [2.75, 3.05) is 0 Å². The lowest BCUT2D eigenvalue weighted by Crippen LogP contribution is -2.53. The summed E-state index contributed by atoms with van der Waals surface area (Å²) in [5.74, 6) is 1.98. The van der Waals surface area contributed by atoms with Crippen molar-refractivity contribution < 1.29 is 14.3 Å². The van der Waals surface area contributed by atoms with Crippen molar-refractivity contribution in [1.29, 1.82) is 0 Å². The zero-order valence-electron chi connectivity index (χ0n) is 18.0. The minimum atomic E-state index is -0.192. The minimum Gasteiger partial charge on any atom is -0.458 e. The zero-order chi connectivity index (χ0) is 21.1. The van der Waals surface area contributed by atoms with Gasteiger partial charge in [-0.2, -0.15) is 0 Å². The van der Waals surface area contributed by atoms with E-state index >= 15 is 0 Å². The Morgan fingerprint density at radius 2 is 1.67 bits per heavy atom. The van der Waals surface area contributed by atoms with Crippen molar-refractivity contribution >= 4 is 27.7 Å². The van der Waals surface area contributed by atoms with E-state index < -0.39 is 0 Å². The summed E-state index contributed by atoms with van der Waals surface area (Å²) in [5, 5.41) is 0. The van der Waals surface area contributed by atoms with Crippen LogP contribution in [0.4, 0.5) is 0 Å². The molecule has 3 fully saturated rings. The summed E-state index contributed by atoms with van der Waals surface area (Å²) < 4.78 is 7.10. The highest BCUT2D eigenvalue weighted by Crippen LogP contribution is 2.67. The second-order valence-corrected chi connectivity index (χ2v) is 11.4. The lowest BCUT2D eigenvalue weighted by Gasteiger charge is -2.59. The Kier molecular flexibility index (Phi) is 5.00. The Bertz CT molecular complexity index is 903. The van der Waals surface area contributed by atoms with Gasteiger partial charge in [-0.3, -0.25) is 4.79 Å². The fourth-order valence-corrected chi connectivity index (χ4v) is 7.80. The molecule has 0 aliphatic heterocycles. The van der Waals surface area contributed by atoms with Gasteiger partial charge >= 0.3 is 5.97 Å². The maximum absolute atomic E-state index is 12.8. The number of carbonyl (C=O) groups excluding carboxylic acids is 2. The number of hydrogen-bond donors (Lipinski definition) is 0. The Hall–Kier alpha value is -1.42. The molecule has 0 unspecified atom stereocenters. The van der Waals surface area contributed by atoms with E-state index in [0.29, 0.717) is 40.9 Å². The fourth-order valence-electron chi connectivity index (χ4n) is 7.53. The van der Waals surface area contributed by atoms with E-state index in [2.05, 4.69) is 29.8 Å². The van der Waals surface area contributed by atoms with E-state index in [1.165, 1.54) is 18.4 Å². The number of halogens is 1. The van der Waals surface area contributed by atoms with E-state index in [-0.39, 0.29) is 17.5 Å². The predicted octanol–water partition coefficient (Wildman–Crippen LogP) is 6.51. The number of rotatable bonds is 2. The molecule has 3 saturated carbocycles. The SMILES string of the molecule is C[C@@]12CC[C@]3(C)[C@@H](OC(=O)c4ccc(Br)cc4)CC[C@H]3[C@@H]1CCC1=CC(=O)CC[C@H]12. The first kappa shape index (κ1) is 20.5. The lowest BCUT2D eigenvalue weighted by atomic mass is 9.45. The summed E-state index contributed by atoms with van der Waals surface area (Å²) in [6.07, 6.45) is 10.4. The molecule has 0 saturated heterocycles. The molecule has 0 N–H and O–H groups in total. The fraction of sp³-hybridized carbons (Fsp3) is 0.615. The molecule has 1 aromatic rings. The van der Waals surface area contributed by atoms with E-state index in [1.54, 1.807) is 0 Å². The van der Waals surface area contributed by atoms with Crippen LogP contribution < -0.4 is 0 Å². The van der Waals surface area contributed by atoms with Crippen molar-refractivity contribution in [2.45, 2.75) is 71.3 Å². The van der Waals surface area contributed by atoms with Gasteiger partial charge in [-0.05, 0) is 98.5 Å². The molecule has 0 amide bonds. The lowest BCUT2D eigenvalue weighted by molar-refractivity contribution is -0.119. The van der Waals surface area contributed by atoms with Gasteiger partial charge in [0.1, 0.15) is 6.10 Å². The van der Waals surface area contributed by atoms with Crippen LogP contribution in [0.3, 0.4) is 0 Å². The first-order valence-corrected chi connectivity index (χ1v) is 12.3. The number of ether oxygens (including phenoxy) is 1. The summed E-state index contributed by atoms with van der Waals surface area (Å²) in [6.45, 7) is 4.87. The van der Waals surface area contributed by atoms with Crippen LogP contribution in [0.25, 0.3) is 0 Å². The van der Waals surface area contributed by atoms with Gasteiger partial charge in [-0.25, -0.2) is 4.79 Å². The van der Waals surface area contributed by atoms with Crippen molar-refractivity contribution in [2.24, 2.45) is 28.6 Å². The van der Waals surface area contributed by atoms with E-state index in [4.69, 9.17) is 4.74 Å². The Morgan fingerprint density at radius 3 is 2.43 bits per heavy atom. The average Bonchev–Trinajstić information content (AvgIpc) is 3.04. The Balaban J connectivity index is 1.36. The summed E-state index contributed by atoms with van der Waals surface area (Å²) in [4.78, 5) is 24.8. The molecule has 6 atom stereocenters. The molecule has 0 radical (unpaired) electrons. The molecule has 0 spiro atoms.